The van der Waals surface area contributed by atoms with Gasteiger partial charge in [-0.2, -0.15) is 0 Å². The van der Waals surface area contributed by atoms with Gasteiger partial charge in [-0.05, 0) is 44.9 Å². The molecule has 1 saturated heterocycles. The number of aliphatic carboxylic acids is 1. The van der Waals surface area contributed by atoms with Crippen LogP contribution in [0.5, 0.6) is 0 Å². The average Bonchev–Trinajstić information content (AvgIpc) is 3.12. The molecular formula is C18H20N2O3. The molecule has 0 unspecified atom stereocenters. The number of amides is 1. The fraction of sp³-hybridized carbons (Fsp3) is 0.333. The molecule has 5 heteroatoms. The van der Waals surface area contributed by atoms with E-state index in [0.717, 1.165) is 23.5 Å². The molecule has 1 aromatic heterocycles. The third-order valence-corrected chi connectivity index (χ3v) is 4.47. The minimum absolute atomic E-state index is 0.190. The van der Waals surface area contributed by atoms with Crippen molar-refractivity contribution in [3.05, 3.63) is 53.3 Å². The zero-order valence-electron chi connectivity index (χ0n) is 13.3. The second kappa shape index (κ2) is 5.91. The number of aromatic nitrogens is 1. The maximum absolute atomic E-state index is 12.8. The number of carbonyl (C=O) groups excluding carboxylic acids is 1. The van der Waals surface area contributed by atoms with Crippen LogP contribution in [-0.4, -0.2) is 39.0 Å². The maximum atomic E-state index is 12.8. The molecule has 1 atom stereocenters. The second-order valence-corrected chi connectivity index (χ2v) is 5.95. The van der Waals surface area contributed by atoms with E-state index < -0.39 is 12.0 Å². The van der Waals surface area contributed by atoms with E-state index in [1.54, 1.807) is 0 Å². The number of carboxylic acids is 1. The minimum Gasteiger partial charge on any atom is -0.480 e. The van der Waals surface area contributed by atoms with Crippen molar-refractivity contribution in [3.8, 4) is 5.69 Å². The summed E-state index contributed by atoms with van der Waals surface area (Å²) in [4.78, 5) is 25.6. The number of nitrogens with zero attached hydrogens (tertiary/aromatic N) is 2. The normalized spacial score (nSPS) is 17.5. The van der Waals surface area contributed by atoms with Crippen LogP contribution in [0.3, 0.4) is 0 Å². The van der Waals surface area contributed by atoms with Crippen molar-refractivity contribution >= 4 is 11.9 Å². The molecule has 0 spiro atoms. The summed E-state index contributed by atoms with van der Waals surface area (Å²) in [5.41, 5.74) is 3.38. The summed E-state index contributed by atoms with van der Waals surface area (Å²) in [6.45, 7) is 4.36. The lowest BCUT2D eigenvalue weighted by Gasteiger charge is -2.21. The molecule has 23 heavy (non-hydrogen) atoms. The SMILES string of the molecule is Cc1cc(C(=O)N2CCC[C@H]2C(=O)O)c(C)n1-c1ccccc1. The minimum atomic E-state index is -0.923. The summed E-state index contributed by atoms with van der Waals surface area (Å²) in [5, 5.41) is 9.29. The monoisotopic (exact) mass is 312 g/mol. The molecule has 1 fully saturated rings. The highest BCUT2D eigenvalue weighted by atomic mass is 16.4. The number of carbonyl (C=O) groups is 2. The summed E-state index contributed by atoms with van der Waals surface area (Å²) in [7, 11) is 0. The van der Waals surface area contributed by atoms with Gasteiger partial charge in [0.25, 0.3) is 5.91 Å². The fourth-order valence-corrected chi connectivity index (χ4v) is 3.37. The molecular weight excluding hydrogens is 292 g/mol. The van der Waals surface area contributed by atoms with Crippen molar-refractivity contribution < 1.29 is 14.7 Å². The molecule has 0 radical (unpaired) electrons. The highest BCUT2D eigenvalue weighted by Crippen LogP contribution is 2.25. The number of hydrogen-bond acceptors (Lipinski definition) is 2. The first-order valence-electron chi connectivity index (χ1n) is 7.79. The maximum Gasteiger partial charge on any atom is 0.326 e. The molecule has 0 bridgehead atoms. The van der Waals surface area contributed by atoms with Gasteiger partial charge in [0.05, 0.1) is 5.56 Å². The van der Waals surface area contributed by atoms with Gasteiger partial charge in [0.1, 0.15) is 6.04 Å². The van der Waals surface area contributed by atoms with Crippen molar-refractivity contribution in [2.75, 3.05) is 6.54 Å². The van der Waals surface area contributed by atoms with Crippen LogP contribution in [0.15, 0.2) is 36.4 Å². The predicted octanol–water partition coefficient (Wildman–Crippen LogP) is 2.78. The Bertz CT molecular complexity index is 749. The Balaban J connectivity index is 1.98. The van der Waals surface area contributed by atoms with E-state index >= 15 is 0 Å². The number of hydrogen-bond donors (Lipinski definition) is 1. The third-order valence-electron chi connectivity index (χ3n) is 4.47. The number of rotatable bonds is 3. The standard InChI is InChI=1S/C18H20N2O3/c1-12-11-15(13(2)20(12)14-7-4-3-5-8-14)17(21)19-10-6-9-16(19)18(22)23/h3-5,7-8,11,16H,6,9-10H2,1-2H3,(H,22,23)/t16-/m0/s1. The number of aryl methyl sites for hydroxylation is 1. The van der Waals surface area contributed by atoms with Crippen LogP contribution in [0.1, 0.15) is 34.6 Å². The number of likely N-dealkylation sites (tertiary alicyclic amines) is 1. The molecule has 3 rings (SSSR count). The molecule has 1 aliphatic heterocycles. The molecule has 0 aliphatic carbocycles. The van der Waals surface area contributed by atoms with E-state index in [1.807, 2.05) is 54.8 Å². The molecule has 0 saturated carbocycles. The van der Waals surface area contributed by atoms with Gasteiger partial charge in [-0.25, -0.2) is 4.79 Å². The molecule has 120 valence electrons. The van der Waals surface area contributed by atoms with Gasteiger partial charge < -0.3 is 14.6 Å². The van der Waals surface area contributed by atoms with E-state index in [4.69, 9.17) is 0 Å². The van der Waals surface area contributed by atoms with Gasteiger partial charge in [-0.15, -0.1) is 0 Å². The lowest BCUT2D eigenvalue weighted by Crippen LogP contribution is -2.40. The molecule has 1 aromatic carbocycles. The fourth-order valence-electron chi connectivity index (χ4n) is 3.37. The zero-order chi connectivity index (χ0) is 16.6. The first kappa shape index (κ1) is 15.3. The molecule has 1 N–H and O–H groups in total. The first-order valence-corrected chi connectivity index (χ1v) is 7.79. The zero-order valence-corrected chi connectivity index (χ0v) is 13.3. The van der Waals surface area contributed by atoms with Crippen LogP contribution in [0, 0.1) is 13.8 Å². The molecule has 2 aromatic rings. The van der Waals surface area contributed by atoms with Gasteiger partial charge in [-0.3, -0.25) is 4.79 Å². The van der Waals surface area contributed by atoms with Gasteiger partial charge in [0.2, 0.25) is 0 Å². The second-order valence-electron chi connectivity index (χ2n) is 5.95. The van der Waals surface area contributed by atoms with Crippen LogP contribution in [-0.2, 0) is 4.79 Å². The van der Waals surface area contributed by atoms with Crippen LogP contribution < -0.4 is 0 Å². The highest BCUT2D eigenvalue weighted by molar-refractivity contribution is 5.98. The summed E-state index contributed by atoms with van der Waals surface area (Å²) in [6.07, 6.45) is 1.26. The summed E-state index contributed by atoms with van der Waals surface area (Å²) in [6, 6.07) is 11.0. The highest BCUT2D eigenvalue weighted by Gasteiger charge is 2.35. The van der Waals surface area contributed by atoms with E-state index in [0.29, 0.717) is 18.5 Å². The lowest BCUT2D eigenvalue weighted by atomic mass is 10.2. The Morgan fingerprint density at radius 2 is 1.87 bits per heavy atom. The Morgan fingerprint density at radius 1 is 1.17 bits per heavy atom. The van der Waals surface area contributed by atoms with Crippen LogP contribution in [0.4, 0.5) is 0 Å². The van der Waals surface area contributed by atoms with Gasteiger partial charge in [-0.1, -0.05) is 18.2 Å². The van der Waals surface area contributed by atoms with Gasteiger partial charge in [0, 0.05) is 23.6 Å². The first-order chi connectivity index (χ1) is 11.0. The largest absolute Gasteiger partial charge is 0.480 e. The van der Waals surface area contributed by atoms with E-state index in [2.05, 4.69) is 0 Å². The Morgan fingerprint density at radius 3 is 2.52 bits per heavy atom. The van der Waals surface area contributed by atoms with Crippen LogP contribution in [0.2, 0.25) is 0 Å². The number of para-hydroxylation sites is 1. The van der Waals surface area contributed by atoms with E-state index in [-0.39, 0.29) is 5.91 Å². The lowest BCUT2D eigenvalue weighted by molar-refractivity contribution is -0.141. The smallest absolute Gasteiger partial charge is 0.326 e. The van der Waals surface area contributed by atoms with E-state index in [1.165, 1.54) is 4.90 Å². The summed E-state index contributed by atoms with van der Waals surface area (Å²) in [5.74, 6) is -1.11. The molecule has 2 heterocycles. The third kappa shape index (κ3) is 2.63. The van der Waals surface area contributed by atoms with Crippen LogP contribution in [0.25, 0.3) is 5.69 Å². The average molecular weight is 312 g/mol. The topological polar surface area (TPSA) is 62.5 Å². The Labute approximate surface area is 135 Å². The van der Waals surface area contributed by atoms with Crippen molar-refractivity contribution in [1.82, 2.24) is 9.47 Å². The van der Waals surface area contributed by atoms with Crippen molar-refractivity contribution in [3.63, 3.8) is 0 Å². The molecule has 5 nitrogen and oxygen atoms in total. The number of benzene rings is 1. The summed E-state index contributed by atoms with van der Waals surface area (Å²) >= 11 is 0. The van der Waals surface area contributed by atoms with Gasteiger partial charge in [0.15, 0.2) is 0 Å². The van der Waals surface area contributed by atoms with Crippen molar-refractivity contribution in [2.45, 2.75) is 32.7 Å². The van der Waals surface area contributed by atoms with Crippen molar-refractivity contribution in [1.29, 1.82) is 0 Å². The summed E-state index contributed by atoms with van der Waals surface area (Å²) < 4.78 is 2.03. The van der Waals surface area contributed by atoms with Crippen LogP contribution >= 0.6 is 0 Å². The quantitative estimate of drug-likeness (QED) is 0.948. The van der Waals surface area contributed by atoms with Gasteiger partial charge >= 0.3 is 5.97 Å². The predicted molar refractivity (Wildman–Crippen MR) is 86.9 cm³/mol. The Kier molecular flexibility index (Phi) is 3.94. The molecule has 1 aliphatic rings. The van der Waals surface area contributed by atoms with E-state index in [9.17, 15) is 14.7 Å². The number of carboxylic acid groups (broad SMARTS) is 1. The van der Waals surface area contributed by atoms with Crippen molar-refractivity contribution in [2.24, 2.45) is 0 Å². The Hall–Kier alpha value is -2.56. The molecule has 1 amide bonds.